The van der Waals surface area contributed by atoms with Crippen molar-refractivity contribution in [2.75, 3.05) is 23.6 Å². The van der Waals surface area contributed by atoms with Crippen LogP contribution in [0.2, 0.25) is 0 Å². The number of halogens is 1. The van der Waals surface area contributed by atoms with Gasteiger partial charge in [-0.2, -0.15) is 0 Å². The van der Waals surface area contributed by atoms with Crippen molar-refractivity contribution in [2.45, 2.75) is 13.0 Å². The zero-order valence-corrected chi connectivity index (χ0v) is 10.4. The summed E-state index contributed by atoms with van der Waals surface area (Å²) >= 11 is 5.27. The van der Waals surface area contributed by atoms with Crippen molar-refractivity contribution in [3.63, 3.8) is 0 Å². The van der Waals surface area contributed by atoms with E-state index in [-0.39, 0.29) is 17.4 Å². The third-order valence-corrected chi connectivity index (χ3v) is 4.30. The fourth-order valence-corrected chi connectivity index (χ4v) is 3.68. The summed E-state index contributed by atoms with van der Waals surface area (Å²) in [4.78, 5) is 0. The minimum Gasteiger partial charge on any atom is -0.229 e. The average molecular weight is 264 g/mol. The molecule has 0 bridgehead atoms. The highest BCUT2D eigenvalue weighted by Crippen LogP contribution is 1.95. The largest absolute Gasteiger partial charge is 0.229 e. The highest BCUT2D eigenvalue weighted by molar-refractivity contribution is 7.91. The topological polar surface area (TPSA) is 80.3 Å². The molecule has 0 aromatic rings. The van der Waals surface area contributed by atoms with Crippen LogP contribution in [0.3, 0.4) is 0 Å². The molecule has 0 saturated heterocycles. The van der Waals surface area contributed by atoms with Crippen LogP contribution in [0.15, 0.2) is 0 Å². The molecule has 14 heavy (non-hydrogen) atoms. The molecule has 1 atom stereocenters. The molecule has 0 heterocycles. The Morgan fingerprint density at radius 2 is 1.79 bits per heavy atom. The normalized spacial score (nSPS) is 15.4. The van der Waals surface area contributed by atoms with Crippen LogP contribution in [0.5, 0.6) is 0 Å². The van der Waals surface area contributed by atoms with Crippen LogP contribution in [0, 0.1) is 0 Å². The minimum absolute atomic E-state index is 0.0130. The summed E-state index contributed by atoms with van der Waals surface area (Å²) in [7, 11) is -6.62. The summed E-state index contributed by atoms with van der Waals surface area (Å²) in [5.41, 5.74) is 0. The maximum atomic E-state index is 11.1. The standard InChI is InChI=1S/C6H14ClNO4S2/c1-6(5-13(2,9)10)8-14(11,12)4-3-7/h6,8H,3-5H2,1-2H3. The lowest BCUT2D eigenvalue weighted by Crippen LogP contribution is -2.38. The second-order valence-electron chi connectivity index (χ2n) is 3.12. The molecule has 0 aliphatic heterocycles. The molecule has 0 aromatic carbocycles. The molecular formula is C6H14ClNO4S2. The van der Waals surface area contributed by atoms with Gasteiger partial charge in [0.15, 0.2) is 0 Å². The van der Waals surface area contributed by atoms with Crippen molar-refractivity contribution in [1.29, 1.82) is 0 Å². The Balaban J connectivity index is 4.27. The maximum absolute atomic E-state index is 11.1. The molecule has 8 heteroatoms. The maximum Gasteiger partial charge on any atom is 0.213 e. The van der Waals surface area contributed by atoms with Crippen LogP contribution >= 0.6 is 11.6 Å². The van der Waals surface area contributed by atoms with Crippen LogP contribution in [0.1, 0.15) is 6.92 Å². The van der Waals surface area contributed by atoms with Crippen molar-refractivity contribution >= 4 is 31.5 Å². The van der Waals surface area contributed by atoms with Gasteiger partial charge in [-0.15, -0.1) is 11.6 Å². The first-order valence-electron chi connectivity index (χ1n) is 3.90. The number of rotatable bonds is 6. The number of hydrogen-bond acceptors (Lipinski definition) is 4. The molecule has 0 saturated carbocycles. The number of sulfone groups is 1. The molecule has 1 unspecified atom stereocenters. The lowest BCUT2D eigenvalue weighted by molar-refractivity contribution is 0.565. The number of alkyl halides is 1. The molecule has 86 valence electrons. The lowest BCUT2D eigenvalue weighted by atomic mass is 10.4. The van der Waals surface area contributed by atoms with E-state index in [9.17, 15) is 16.8 Å². The van der Waals surface area contributed by atoms with E-state index in [1.165, 1.54) is 6.92 Å². The van der Waals surface area contributed by atoms with E-state index in [1.807, 2.05) is 0 Å². The predicted molar refractivity (Wildman–Crippen MR) is 56.8 cm³/mol. The van der Waals surface area contributed by atoms with E-state index in [1.54, 1.807) is 0 Å². The second kappa shape index (κ2) is 5.29. The summed E-state index contributed by atoms with van der Waals surface area (Å²) in [6.45, 7) is 1.49. The van der Waals surface area contributed by atoms with E-state index in [4.69, 9.17) is 11.6 Å². The van der Waals surface area contributed by atoms with Gasteiger partial charge in [-0.3, -0.25) is 0 Å². The SMILES string of the molecule is CC(CS(C)(=O)=O)NS(=O)(=O)CCCl. The van der Waals surface area contributed by atoms with Crippen molar-refractivity contribution in [3.05, 3.63) is 0 Å². The molecule has 1 N–H and O–H groups in total. The van der Waals surface area contributed by atoms with Gasteiger partial charge < -0.3 is 0 Å². The smallest absolute Gasteiger partial charge is 0.213 e. The molecule has 0 spiro atoms. The van der Waals surface area contributed by atoms with Gasteiger partial charge in [-0.1, -0.05) is 0 Å². The monoisotopic (exact) mass is 263 g/mol. The van der Waals surface area contributed by atoms with Crippen LogP contribution in [-0.4, -0.2) is 46.5 Å². The zero-order chi connectivity index (χ0) is 11.4. The number of nitrogens with one attached hydrogen (secondary N) is 1. The van der Waals surface area contributed by atoms with Gasteiger partial charge in [0.25, 0.3) is 0 Å². The highest BCUT2D eigenvalue weighted by atomic mass is 35.5. The Morgan fingerprint density at radius 1 is 1.29 bits per heavy atom. The predicted octanol–water partition coefficient (Wildman–Crippen LogP) is -0.422. The molecule has 0 radical (unpaired) electrons. The van der Waals surface area contributed by atoms with Gasteiger partial charge in [0.05, 0.1) is 11.5 Å². The fourth-order valence-electron chi connectivity index (χ4n) is 0.955. The van der Waals surface area contributed by atoms with Gasteiger partial charge in [-0.05, 0) is 6.92 Å². The fraction of sp³-hybridized carbons (Fsp3) is 1.00. The molecule has 5 nitrogen and oxygen atoms in total. The van der Waals surface area contributed by atoms with Gasteiger partial charge >= 0.3 is 0 Å². The van der Waals surface area contributed by atoms with Crippen molar-refractivity contribution in [1.82, 2.24) is 4.72 Å². The lowest BCUT2D eigenvalue weighted by Gasteiger charge is -2.11. The van der Waals surface area contributed by atoms with Gasteiger partial charge in [0.1, 0.15) is 9.84 Å². The molecular weight excluding hydrogens is 250 g/mol. The third kappa shape index (κ3) is 7.54. The summed E-state index contributed by atoms with van der Waals surface area (Å²) in [5.74, 6) is -0.432. The van der Waals surface area contributed by atoms with Crippen LogP contribution in [-0.2, 0) is 19.9 Å². The Hall–Kier alpha value is 0.150. The van der Waals surface area contributed by atoms with E-state index in [2.05, 4.69) is 4.72 Å². The van der Waals surface area contributed by atoms with E-state index in [0.717, 1.165) is 6.26 Å². The summed E-state index contributed by atoms with van der Waals surface area (Å²) in [6, 6.07) is -0.627. The van der Waals surface area contributed by atoms with Crippen molar-refractivity contribution in [2.24, 2.45) is 0 Å². The van der Waals surface area contributed by atoms with E-state index in [0.29, 0.717) is 0 Å². The minimum atomic E-state index is -3.45. The Labute approximate surface area is 89.8 Å². The molecule has 0 amide bonds. The molecule has 0 aliphatic carbocycles. The Bertz CT molecular complexity index is 361. The van der Waals surface area contributed by atoms with Gasteiger partial charge in [0.2, 0.25) is 10.0 Å². The third-order valence-electron chi connectivity index (χ3n) is 1.28. The molecule has 0 rings (SSSR count). The Kier molecular flexibility index (Phi) is 5.35. The van der Waals surface area contributed by atoms with Crippen LogP contribution in [0.25, 0.3) is 0 Å². The van der Waals surface area contributed by atoms with Gasteiger partial charge in [0, 0.05) is 18.2 Å². The average Bonchev–Trinajstić information content (AvgIpc) is 1.78. The van der Waals surface area contributed by atoms with E-state index < -0.39 is 25.9 Å². The highest BCUT2D eigenvalue weighted by Gasteiger charge is 2.17. The molecule has 0 aromatic heterocycles. The van der Waals surface area contributed by atoms with Crippen molar-refractivity contribution < 1.29 is 16.8 Å². The van der Waals surface area contributed by atoms with Crippen LogP contribution < -0.4 is 4.72 Å². The quantitative estimate of drug-likeness (QED) is 0.660. The number of hydrogen-bond donors (Lipinski definition) is 1. The number of sulfonamides is 1. The van der Waals surface area contributed by atoms with Crippen LogP contribution in [0.4, 0.5) is 0 Å². The second-order valence-corrected chi connectivity index (χ2v) is 7.56. The summed E-state index contributed by atoms with van der Waals surface area (Å²) < 4.78 is 46.1. The summed E-state index contributed by atoms with van der Waals surface area (Å²) in [6.07, 6.45) is 1.05. The summed E-state index contributed by atoms with van der Waals surface area (Å²) in [5, 5.41) is 0. The first-order valence-corrected chi connectivity index (χ1v) is 8.15. The van der Waals surface area contributed by atoms with Crippen molar-refractivity contribution in [3.8, 4) is 0 Å². The van der Waals surface area contributed by atoms with Gasteiger partial charge in [-0.25, -0.2) is 21.6 Å². The zero-order valence-electron chi connectivity index (χ0n) is 8.03. The first-order chi connectivity index (χ1) is 6.16. The Morgan fingerprint density at radius 3 is 2.14 bits per heavy atom. The molecule has 0 aliphatic rings. The molecule has 0 fully saturated rings. The van der Waals surface area contributed by atoms with E-state index >= 15 is 0 Å². The first kappa shape index (κ1) is 14.2.